The lowest BCUT2D eigenvalue weighted by Gasteiger charge is -2.22. The quantitative estimate of drug-likeness (QED) is 0.910. The van der Waals surface area contributed by atoms with E-state index in [0.717, 1.165) is 30.8 Å². The van der Waals surface area contributed by atoms with Crippen LogP contribution in [0.5, 0.6) is 0 Å². The average Bonchev–Trinajstić information content (AvgIpc) is 2.96. The molecule has 0 bridgehead atoms. The van der Waals surface area contributed by atoms with Crippen molar-refractivity contribution in [3.8, 4) is 11.5 Å². The third-order valence-electron chi connectivity index (χ3n) is 3.51. The van der Waals surface area contributed by atoms with Crippen LogP contribution in [-0.2, 0) is 6.42 Å². The molecule has 2 aromatic heterocycles. The normalized spacial score (nSPS) is 19.5. The van der Waals surface area contributed by atoms with Crippen molar-refractivity contribution in [1.29, 1.82) is 0 Å². The lowest BCUT2D eigenvalue weighted by molar-refractivity contribution is 0.369. The highest BCUT2D eigenvalue weighted by Crippen LogP contribution is 2.18. The van der Waals surface area contributed by atoms with Gasteiger partial charge in [0, 0.05) is 30.4 Å². The Labute approximate surface area is 112 Å². The number of nitrogens with one attached hydrogen (secondary N) is 1. The molecular weight excluding hydrogens is 240 g/mol. The van der Waals surface area contributed by atoms with Gasteiger partial charge in [0.2, 0.25) is 11.8 Å². The van der Waals surface area contributed by atoms with Crippen LogP contribution in [0.3, 0.4) is 0 Å². The molecule has 1 unspecified atom stereocenters. The van der Waals surface area contributed by atoms with Crippen molar-refractivity contribution in [2.45, 2.75) is 38.1 Å². The van der Waals surface area contributed by atoms with Crippen LogP contribution in [0, 0.1) is 0 Å². The fourth-order valence-electron chi connectivity index (χ4n) is 2.43. The lowest BCUT2D eigenvalue weighted by atomic mass is 10.0. The molecule has 1 N–H and O–H groups in total. The Hall–Kier alpha value is -1.75. The molecule has 0 saturated carbocycles. The van der Waals surface area contributed by atoms with Gasteiger partial charge < -0.3 is 9.73 Å². The van der Waals surface area contributed by atoms with Crippen LogP contribution in [-0.4, -0.2) is 27.8 Å². The number of nitrogens with zero attached hydrogens (tertiary/aromatic N) is 3. The first-order valence-electron chi connectivity index (χ1n) is 6.88. The van der Waals surface area contributed by atoms with Gasteiger partial charge in [0.1, 0.15) is 0 Å². The van der Waals surface area contributed by atoms with Gasteiger partial charge in [-0.1, -0.05) is 6.42 Å². The molecule has 1 aliphatic heterocycles. The largest absolute Gasteiger partial charge is 0.421 e. The summed E-state index contributed by atoms with van der Waals surface area (Å²) in [5.74, 6) is 1.30. The fourth-order valence-corrected chi connectivity index (χ4v) is 2.43. The molecule has 0 spiro atoms. The van der Waals surface area contributed by atoms with Crippen LogP contribution in [0.15, 0.2) is 28.9 Å². The molecule has 3 rings (SSSR count). The lowest BCUT2D eigenvalue weighted by Crippen LogP contribution is -2.34. The maximum atomic E-state index is 5.68. The van der Waals surface area contributed by atoms with Gasteiger partial charge in [0.05, 0.1) is 0 Å². The van der Waals surface area contributed by atoms with E-state index in [1.54, 1.807) is 12.4 Å². The van der Waals surface area contributed by atoms with Gasteiger partial charge in [-0.15, -0.1) is 10.2 Å². The summed E-state index contributed by atoms with van der Waals surface area (Å²) in [6.07, 6.45) is 9.24. The van der Waals surface area contributed by atoms with Crippen molar-refractivity contribution in [2.75, 3.05) is 6.54 Å². The Bertz CT molecular complexity index is 505. The van der Waals surface area contributed by atoms with Crippen LogP contribution < -0.4 is 5.32 Å². The monoisotopic (exact) mass is 258 g/mol. The molecule has 0 amide bonds. The molecule has 0 aromatic carbocycles. The molecular formula is C14H18N4O. The number of piperidine rings is 1. The van der Waals surface area contributed by atoms with Gasteiger partial charge >= 0.3 is 0 Å². The fraction of sp³-hybridized carbons (Fsp3) is 0.500. The first-order chi connectivity index (χ1) is 9.42. The maximum Gasteiger partial charge on any atom is 0.247 e. The predicted molar refractivity (Wildman–Crippen MR) is 71.5 cm³/mol. The second-order valence-electron chi connectivity index (χ2n) is 4.92. The van der Waals surface area contributed by atoms with E-state index in [-0.39, 0.29) is 0 Å². The minimum absolute atomic E-state index is 0.578. The van der Waals surface area contributed by atoms with Crippen LogP contribution in [0.2, 0.25) is 0 Å². The van der Waals surface area contributed by atoms with Crippen molar-refractivity contribution in [3.63, 3.8) is 0 Å². The number of rotatable bonds is 4. The molecule has 19 heavy (non-hydrogen) atoms. The highest BCUT2D eigenvalue weighted by atomic mass is 16.4. The zero-order valence-corrected chi connectivity index (χ0v) is 10.9. The molecule has 3 heterocycles. The maximum absolute atomic E-state index is 5.68. The molecule has 1 saturated heterocycles. The number of pyridine rings is 1. The smallest absolute Gasteiger partial charge is 0.247 e. The standard InChI is InChI=1S/C14H18N4O/c1-2-8-16-12(3-1)4-5-13-17-18-14(19-13)11-6-9-15-10-7-11/h6-7,9-10,12,16H,1-5,8H2. The van der Waals surface area contributed by atoms with E-state index in [1.165, 1.54) is 19.3 Å². The third-order valence-corrected chi connectivity index (χ3v) is 3.51. The summed E-state index contributed by atoms with van der Waals surface area (Å²) in [4.78, 5) is 3.98. The summed E-state index contributed by atoms with van der Waals surface area (Å²) in [6.45, 7) is 1.14. The van der Waals surface area contributed by atoms with Crippen LogP contribution in [0.25, 0.3) is 11.5 Å². The first-order valence-corrected chi connectivity index (χ1v) is 6.88. The van der Waals surface area contributed by atoms with Gasteiger partial charge in [-0.3, -0.25) is 4.98 Å². The molecule has 5 nitrogen and oxygen atoms in total. The number of aromatic nitrogens is 3. The number of hydrogen-bond donors (Lipinski definition) is 1. The Kier molecular flexibility index (Phi) is 3.83. The SMILES string of the molecule is c1cc(-c2nnc(CCC3CCCCN3)o2)ccn1. The van der Waals surface area contributed by atoms with Crippen molar-refractivity contribution in [1.82, 2.24) is 20.5 Å². The van der Waals surface area contributed by atoms with Crippen LogP contribution >= 0.6 is 0 Å². The van der Waals surface area contributed by atoms with Crippen molar-refractivity contribution in [2.24, 2.45) is 0 Å². The summed E-state index contributed by atoms with van der Waals surface area (Å²) in [5.41, 5.74) is 0.921. The molecule has 1 fully saturated rings. The van der Waals surface area contributed by atoms with Gasteiger partial charge in [-0.25, -0.2) is 0 Å². The summed E-state index contributed by atoms with van der Waals surface area (Å²) in [6, 6.07) is 4.35. The van der Waals surface area contributed by atoms with Crippen molar-refractivity contribution >= 4 is 0 Å². The zero-order valence-electron chi connectivity index (χ0n) is 10.9. The van der Waals surface area contributed by atoms with Crippen molar-refractivity contribution < 1.29 is 4.42 Å². The Balaban J connectivity index is 1.59. The third kappa shape index (κ3) is 3.17. The summed E-state index contributed by atoms with van der Waals surface area (Å²) >= 11 is 0. The molecule has 5 heteroatoms. The van der Waals surface area contributed by atoms with E-state index in [0.29, 0.717) is 11.9 Å². The minimum atomic E-state index is 0.578. The number of aryl methyl sites for hydroxylation is 1. The minimum Gasteiger partial charge on any atom is -0.421 e. The number of hydrogen-bond acceptors (Lipinski definition) is 5. The Morgan fingerprint density at radius 1 is 1.21 bits per heavy atom. The molecule has 1 atom stereocenters. The van der Waals surface area contributed by atoms with E-state index in [4.69, 9.17) is 4.42 Å². The predicted octanol–water partition coefficient (Wildman–Crippen LogP) is 2.21. The molecule has 2 aromatic rings. The topological polar surface area (TPSA) is 63.8 Å². The molecule has 1 aliphatic rings. The van der Waals surface area contributed by atoms with E-state index < -0.39 is 0 Å². The van der Waals surface area contributed by atoms with E-state index >= 15 is 0 Å². The second-order valence-corrected chi connectivity index (χ2v) is 4.92. The molecule has 0 aliphatic carbocycles. The highest BCUT2D eigenvalue weighted by Gasteiger charge is 2.14. The Morgan fingerprint density at radius 2 is 2.11 bits per heavy atom. The van der Waals surface area contributed by atoms with Gasteiger partial charge in [0.25, 0.3) is 0 Å². The van der Waals surface area contributed by atoms with Gasteiger partial charge in [-0.05, 0) is 37.9 Å². The van der Waals surface area contributed by atoms with Crippen LogP contribution in [0.1, 0.15) is 31.6 Å². The summed E-state index contributed by atoms with van der Waals surface area (Å²) < 4.78 is 5.68. The average molecular weight is 258 g/mol. The van der Waals surface area contributed by atoms with Crippen LogP contribution in [0.4, 0.5) is 0 Å². The molecule has 0 radical (unpaired) electrons. The summed E-state index contributed by atoms with van der Waals surface area (Å²) in [5, 5.41) is 11.7. The highest BCUT2D eigenvalue weighted by molar-refractivity contribution is 5.50. The van der Waals surface area contributed by atoms with Gasteiger partial charge in [-0.2, -0.15) is 0 Å². The van der Waals surface area contributed by atoms with E-state index in [1.807, 2.05) is 12.1 Å². The Morgan fingerprint density at radius 3 is 2.89 bits per heavy atom. The second kappa shape index (κ2) is 5.93. The van der Waals surface area contributed by atoms with E-state index in [9.17, 15) is 0 Å². The molecule has 100 valence electrons. The summed E-state index contributed by atoms with van der Waals surface area (Å²) in [7, 11) is 0. The zero-order chi connectivity index (χ0) is 12.9. The van der Waals surface area contributed by atoms with Gasteiger partial charge in [0.15, 0.2) is 0 Å². The first kappa shape index (κ1) is 12.3. The van der Waals surface area contributed by atoms with Crippen molar-refractivity contribution in [3.05, 3.63) is 30.4 Å². The van der Waals surface area contributed by atoms with E-state index in [2.05, 4.69) is 20.5 Å².